The van der Waals surface area contributed by atoms with E-state index in [1.165, 1.54) is 0 Å². The van der Waals surface area contributed by atoms with Crippen LogP contribution in [0.3, 0.4) is 0 Å². The predicted octanol–water partition coefficient (Wildman–Crippen LogP) is 0.316. The fourth-order valence-electron chi connectivity index (χ4n) is 1.78. The summed E-state index contributed by atoms with van der Waals surface area (Å²) >= 11 is 0. The van der Waals surface area contributed by atoms with E-state index < -0.39 is 18.6 Å². The van der Waals surface area contributed by atoms with E-state index in [2.05, 4.69) is 10.1 Å². The Morgan fingerprint density at radius 1 is 1.44 bits per heavy atom. The van der Waals surface area contributed by atoms with Gasteiger partial charge in [-0.1, -0.05) is 0 Å². The molecule has 1 amide bonds. The van der Waals surface area contributed by atoms with Crippen molar-refractivity contribution in [3.05, 3.63) is 0 Å². The number of carbonyl (C=O) groups is 1. The van der Waals surface area contributed by atoms with Gasteiger partial charge in [-0.15, -0.1) is 0 Å². The second kappa shape index (κ2) is 7.60. The third-order valence-electron chi connectivity index (χ3n) is 2.87. The molecule has 1 aliphatic heterocycles. The lowest BCUT2D eigenvalue weighted by molar-refractivity contribution is -0.126. The van der Waals surface area contributed by atoms with E-state index >= 15 is 0 Å². The minimum absolute atomic E-state index is 0.00925. The van der Waals surface area contributed by atoms with Crippen molar-refractivity contribution in [2.24, 2.45) is 0 Å². The molecule has 7 heteroatoms. The van der Waals surface area contributed by atoms with Gasteiger partial charge in [0.25, 0.3) is 6.43 Å². The minimum Gasteiger partial charge on any atom is -0.394 e. The smallest absolute Gasteiger partial charge is 0.261 e. The third-order valence-corrected chi connectivity index (χ3v) is 2.87. The second-order valence-electron chi connectivity index (χ2n) is 4.31. The van der Waals surface area contributed by atoms with Crippen LogP contribution in [0.1, 0.15) is 19.3 Å². The average molecular weight is 267 g/mol. The van der Waals surface area contributed by atoms with Gasteiger partial charge in [-0.05, 0) is 12.8 Å². The van der Waals surface area contributed by atoms with Gasteiger partial charge in [0, 0.05) is 19.6 Å². The van der Waals surface area contributed by atoms with Gasteiger partial charge < -0.3 is 19.9 Å². The van der Waals surface area contributed by atoms with Crippen LogP contribution in [0.2, 0.25) is 0 Å². The molecule has 1 fully saturated rings. The van der Waals surface area contributed by atoms with Gasteiger partial charge in [-0.3, -0.25) is 4.79 Å². The summed E-state index contributed by atoms with van der Waals surface area (Å²) in [6.07, 6.45) is -1.41. The standard InChI is InChI=1S/C11H19F2NO4/c12-9(13)7-18-4-1-10(16)14-11(8-15)2-5-17-6-3-11/h9,15H,1-8H2,(H,14,16). The van der Waals surface area contributed by atoms with E-state index in [0.717, 1.165) is 0 Å². The summed E-state index contributed by atoms with van der Waals surface area (Å²) in [7, 11) is 0. The quantitative estimate of drug-likeness (QED) is 0.652. The first-order valence-electron chi connectivity index (χ1n) is 5.93. The van der Waals surface area contributed by atoms with Gasteiger partial charge in [-0.2, -0.15) is 0 Å². The van der Waals surface area contributed by atoms with Crippen LogP contribution in [0.4, 0.5) is 8.78 Å². The molecule has 0 atom stereocenters. The zero-order valence-electron chi connectivity index (χ0n) is 10.2. The summed E-state index contributed by atoms with van der Waals surface area (Å²) in [4.78, 5) is 11.6. The van der Waals surface area contributed by atoms with Crippen LogP contribution >= 0.6 is 0 Å². The summed E-state index contributed by atoms with van der Waals surface area (Å²) in [6.45, 7) is 0.117. The second-order valence-corrected chi connectivity index (χ2v) is 4.31. The molecule has 0 aliphatic carbocycles. The fraction of sp³-hybridized carbons (Fsp3) is 0.909. The van der Waals surface area contributed by atoms with E-state index in [9.17, 15) is 18.7 Å². The van der Waals surface area contributed by atoms with Gasteiger partial charge in [0.05, 0.1) is 18.8 Å². The summed E-state index contributed by atoms with van der Waals surface area (Å²) in [5, 5.41) is 12.1. The summed E-state index contributed by atoms with van der Waals surface area (Å²) in [5.74, 6) is -0.305. The van der Waals surface area contributed by atoms with Crippen LogP contribution in [0.15, 0.2) is 0 Å². The van der Waals surface area contributed by atoms with Gasteiger partial charge in [0.15, 0.2) is 0 Å². The number of nitrogens with one attached hydrogen (secondary N) is 1. The molecule has 1 heterocycles. The largest absolute Gasteiger partial charge is 0.394 e. The highest BCUT2D eigenvalue weighted by atomic mass is 19.3. The Labute approximate surface area is 104 Å². The van der Waals surface area contributed by atoms with Crippen molar-refractivity contribution in [2.45, 2.75) is 31.2 Å². The highest BCUT2D eigenvalue weighted by Gasteiger charge is 2.33. The normalized spacial score (nSPS) is 18.9. The molecule has 1 saturated heterocycles. The van der Waals surface area contributed by atoms with Crippen molar-refractivity contribution >= 4 is 5.91 Å². The van der Waals surface area contributed by atoms with E-state index in [4.69, 9.17) is 4.74 Å². The molecule has 0 aromatic rings. The van der Waals surface area contributed by atoms with Gasteiger partial charge in [0.1, 0.15) is 6.61 Å². The SMILES string of the molecule is O=C(CCOCC(F)F)NC1(CO)CCOCC1. The van der Waals surface area contributed by atoms with Crippen molar-refractivity contribution < 1.29 is 28.2 Å². The highest BCUT2D eigenvalue weighted by Crippen LogP contribution is 2.20. The van der Waals surface area contributed by atoms with Crippen LogP contribution in [0, 0.1) is 0 Å². The van der Waals surface area contributed by atoms with Crippen LogP contribution in [-0.2, 0) is 14.3 Å². The van der Waals surface area contributed by atoms with Crippen LogP contribution in [0.5, 0.6) is 0 Å². The number of alkyl halides is 2. The first kappa shape index (κ1) is 15.3. The third kappa shape index (κ3) is 5.24. The number of aliphatic hydroxyl groups is 1. The Bertz CT molecular complexity index is 257. The maximum absolute atomic E-state index is 11.8. The monoisotopic (exact) mass is 267 g/mol. The molecule has 0 radical (unpaired) electrons. The molecule has 0 unspecified atom stereocenters. The molecular weight excluding hydrogens is 248 g/mol. The fourth-order valence-corrected chi connectivity index (χ4v) is 1.78. The number of halogens is 2. The van der Waals surface area contributed by atoms with Crippen molar-refractivity contribution in [3.63, 3.8) is 0 Å². The Morgan fingerprint density at radius 3 is 2.67 bits per heavy atom. The number of carbonyl (C=O) groups excluding carboxylic acids is 1. The molecule has 1 rings (SSSR count). The number of ether oxygens (including phenoxy) is 2. The maximum atomic E-state index is 11.8. The number of rotatable bonds is 7. The van der Waals surface area contributed by atoms with E-state index in [1.807, 2.05) is 0 Å². The molecule has 5 nitrogen and oxygen atoms in total. The highest BCUT2D eigenvalue weighted by molar-refractivity contribution is 5.76. The number of aliphatic hydroxyl groups excluding tert-OH is 1. The molecule has 0 bridgehead atoms. The first-order valence-corrected chi connectivity index (χ1v) is 5.93. The van der Waals surface area contributed by atoms with Crippen molar-refractivity contribution in [1.29, 1.82) is 0 Å². The molecule has 2 N–H and O–H groups in total. The number of hydrogen-bond acceptors (Lipinski definition) is 4. The number of amides is 1. The molecule has 18 heavy (non-hydrogen) atoms. The van der Waals surface area contributed by atoms with Gasteiger partial charge in [-0.25, -0.2) is 8.78 Å². The van der Waals surface area contributed by atoms with Crippen molar-refractivity contribution in [3.8, 4) is 0 Å². The molecular formula is C11H19F2NO4. The van der Waals surface area contributed by atoms with Crippen LogP contribution in [0.25, 0.3) is 0 Å². The summed E-state index contributed by atoms with van der Waals surface area (Å²) in [5.41, 5.74) is -0.641. The first-order chi connectivity index (χ1) is 8.58. The van der Waals surface area contributed by atoms with E-state index in [-0.39, 0.29) is 25.5 Å². The average Bonchev–Trinajstić information content (AvgIpc) is 2.35. The van der Waals surface area contributed by atoms with Crippen molar-refractivity contribution in [2.75, 3.05) is 33.0 Å². The molecule has 0 saturated carbocycles. The zero-order chi connectivity index (χ0) is 13.4. The number of hydrogen-bond donors (Lipinski definition) is 2. The molecule has 1 aliphatic rings. The van der Waals surface area contributed by atoms with Gasteiger partial charge in [0.2, 0.25) is 5.91 Å². The molecule has 106 valence electrons. The Morgan fingerprint density at radius 2 is 2.11 bits per heavy atom. The molecule has 0 aromatic heterocycles. The maximum Gasteiger partial charge on any atom is 0.261 e. The van der Waals surface area contributed by atoms with Crippen LogP contribution < -0.4 is 5.32 Å². The summed E-state index contributed by atoms with van der Waals surface area (Å²) < 4.78 is 33.3. The van der Waals surface area contributed by atoms with Crippen LogP contribution in [-0.4, -0.2) is 56.0 Å². The predicted molar refractivity (Wildman–Crippen MR) is 59.5 cm³/mol. The van der Waals surface area contributed by atoms with E-state index in [1.54, 1.807) is 0 Å². The summed E-state index contributed by atoms with van der Waals surface area (Å²) in [6, 6.07) is 0. The Kier molecular flexibility index (Phi) is 6.45. The zero-order valence-corrected chi connectivity index (χ0v) is 10.2. The van der Waals surface area contributed by atoms with Crippen molar-refractivity contribution in [1.82, 2.24) is 5.32 Å². The van der Waals surface area contributed by atoms with E-state index in [0.29, 0.717) is 26.1 Å². The van der Waals surface area contributed by atoms with Gasteiger partial charge >= 0.3 is 0 Å². The topological polar surface area (TPSA) is 67.8 Å². The Balaban J connectivity index is 2.25. The lowest BCUT2D eigenvalue weighted by Crippen LogP contribution is -2.54. The Hall–Kier alpha value is -0.790. The molecule has 0 aromatic carbocycles. The molecule has 0 spiro atoms. The lowest BCUT2D eigenvalue weighted by Gasteiger charge is -2.36. The lowest BCUT2D eigenvalue weighted by atomic mass is 9.91. The minimum atomic E-state index is -2.52.